The third-order valence-electron chi connectivity index (χ3n) is 3.06. The lowest BCUT2D eigenvalue weighted by Gasteiger charge is -2.09. The van der Waals surface area contributed by atoms with E-state index < -0.39 is 4.92 Å². The Labute approximate surface area is 116 Å². The summed E-state index contributed by atoms with van der Waals surface area (Å²) in [5.74, 6) is 0. The molecule has 0 saturated carbocycles. The topological polar surface area (TPSA) is 79.0 Å². The summed E-state index contributed by atoms with van der Waals surface area (Å²) in [5, 5.41) is 22.9. The zero-order valence-electron chi connectivity index (χ0n) is 11.0. The number of hydrogen-bond donors (Lipinski definition) is 1. The Kier molecular flexibility index (Phi) is 3.96. The highest BCUT2D eigenvalue weighted by Gasteiger charge is 2.13. The first-order valence-electron chi connectivity index (χ1n) is 6.08. The Hall–Kier alpha value is -2.87. The van der Waals surface area contributed by atoms with Gasteiger partial charge in [0.15, 0.2) is 0 Å². The summed E-state index contributed by atoms with van der Waals surface area (Å²) in [6.07, 6.45) is 0. The third kappa shape index (κ3) is 2.93. The van der Waals surface area contributed by atoms with E-state index in [0.717, 1.165) is 5.56 Å². The predicted molar refractivity (Wildman–Crippen MR) is 76.3 cm³/mol. The number of anilines is 1. The van der Waals surface area contributed by atoms with Crippen LogP contribution in [0.25, 0.3) is 0 Å². The number of nitro groups is 1. The molecule has 0 heterocycles. The predicted octanol–water partition coefficient (Wildman–Crippen LogP) is 3.39. The molecule has 0 saturated heterocycles. The van der Waals surface area contributed by atoms with Crippen LogP contribution >= 0.6 is 0 Å². The highest BCUT2D eigenvalue weighted by atomic mass is 16.6. The lowest BCUT2D eigenvalue weighted by Crippen LogP contribution is -2.02. The molecule has 2 aromatic carbocycles. The van der Waals surface area contributed by atoms with Crippen molar-refractivity contribution in [2.45, 2.75) is 13.5 Å². The van der Waals surface area contributed by atoms with E-state index in [1.807, 2.05) is 37.3 Å². The maximum absolute atomic E-state index is 10.7. The maximum atomic E-state index is 10.7. The molecule has 0 aliphatic rings. The number of benzene rings is 2. The number of nitriles is 1. The molecule has 2 aromatic rings. The van der Waals surface area contributed by atoms with Gasteiger partial charge >= 0.3 is 0 Å². The van der Waals surface area contributed by atoms with Crippen LogP contribution < -0.4 is 5.32 Å². The molecular weight excluding hydrogens is 254 g/mol. The molecule has 5 heteroatoms. The molecule has 0 fully saturated rings. The van der Waals surface area contributed by atoms with E-state index in [4.69, 9.17) is 5.26 Å². The molecule has 20 heavy (non-hydrogen) atoms. The van der Waals surface area contributed by atoms with E-state index in [1.54, 1.807) is 6.07 Å². The lowest BCUT2D eigenvalue weighted by molar-refractivity contribution is -0.385. The Balaban J connectivity index is 2.17. The fourth-order valence-corrected chi connectivity index (χ4v) is 1.90. The first-order valence-corrected chi connectivity index (χ1v) is 6.08. The van der Waals surface area contributed by atoms with Crippen LogP contribution in [0.1, 0.15) is 16.7 Å². The monoisotopic (exact) mass is 267 g/mol. The molecule has 0 aliphatic heterocycles. The summed E-state index contributed by atoms with van der Waals surface area (Å²) in [7, 11) is 0. The minimum atomic E-state index is -0.552. The van der Waals surface area contributed by atoms with Crippen molar-refractivity contribution in [1.82, 2.24) is 0 Å². The van der Waals surface area contributed by atoms with Crippen LogP contribution in [0.3, 0.4) is 0 Å². The second-order valence-electron chi connectivity index (χ2n) is 4.38. The van der Waals surface area contributed by atoms with Crippen molar-refractivity contribution in [3.05, 3.63) is 69.3 Å². The minimum Gasteiger partial charge on any atom is -0.381 e. The summed E-state index contributed by atoms with van der Waals surface area (Å²) in [5.41, 5.74) is 2.89. The zero-order valence-corrected chi connectivity index (χ0v) is 11.0. The summed E-state index contributed by atoms with van der Waals surface area (Å²) in [6, 6.07) is 14.3. The number of nitrogens with zero attached hydrogens (tertiary/aromatic N) is 2. The van der Waals surface area contributed by atoms with Crippen LogP contribution in [-0.2, 0) is 6.54 Å². The van der Waals surface area contributed by atoms with Crippen molar-refractivity contribution < 1.29 is 4.92 Å². The van der Waals surface area contributed by atoms with Gasteiger partial charge in [0.2, 0.25) is 0 Å². The van der Waals surface area contributed by atoms with E-state index in [1.165, 1.54) is 17.7 Å². The van der Waals surface area contributed by atoms with Crippen molar-refractivity contribution in [2.24, 2.45) is 0 Å². The summed E-state index contributed by atoms with van der Waals surface area (Å²) in [6.45, 7) is 2.63. The number of aryl methyl sites for hydroxylation is 1. The quantitative estimate of drug-likeness (QED) is 0.680. The van der Waals surface area contributed by atoms with Gasteiger partial charge in [-0.2, -0.15) is 5.26 Å². The second kappa shape index (κ2) is 5.85. The van der Waals surface area contributed by atoms with Crippen LogP contribution in [0.2, 0.25) is 0 Å². The standard InChI is InChI=1S/C15H13N3O2/c1-11-4-2-3-5-12(11)10-17-14-6-7-15(18(19)20)13(8-14)9-16/h2-8,17H,10H2,1H3. The molecule has 0 atom stereocenters. The summed E-state index contributed by atoms with van der Waals surface area (Å²) in [4.78, 5) is 10.2. The Morgan fingerprint density at radius 1 is 1.30 bits per heavy atom. The van der Waals surface area contributed by atoms with Gasteiger partial charge < -0.3 is 5.32 Å². The first kappa shape index (κ1) is 13.6. The van der Waals surface area contributed by atoms with Crippen LogP contribution in [0.4, 0.5) is 11.4 Å². The van der Waals surface area contributed by atoms with Crippen molar-refractivity contribution >= 4 is 11.4 Å². The fourth-order valence-electron chi connectivity index (χ4n) is 1.90. The molecule has 2 rings (SSSR count). The van der Waals surface area contributed by atoms with Gasteiger partial charge in [0.05, 0.1) is 4.92 Å². The molecule has 0 spiro atoms. The fraction of sp³-hybridized carbons (Fsp3) is 0.133. The largest absolute Gasteiger partial charge is 0.381 e. The minimum absolute atomic E-state index is 0.0600. The number of rotatable bonds is 4. The molecular formula is C15H13N3O2. The Morgan fingerprint density at radius 2 is 2.05 bits per heavy atom. The highest BCUT2D eigenvalue weighted by Crippen LogP contribution is 2.22. The molecule has 0 unspecified atom stereocenters. The molecule has 0 aromatic heterocycles. The number of nitro benzene ring substituents is 1. The average Bonchev–Trinajstić information content (AvgIpc) is 2.46. The van der Waals surface area contributed by atoms with Crippen LogP contribution in [0.15, 0.2) is 42.5 Å². The second-order valence-corrected chi connectivity index (χ2v) is 4.38. The van der Waals surface area contributed by atoms with Gasteiger partial charge in [0.1, 0.15) is 11.6 Å². The molecule has 1 N–H and O–H groups in total. The van der Waals surface area contributed by atoms with Gasteiger partial charge in [-0.05, 0) is 30.2 Å². The summed E-state index contributed by atoms with van der Waals surface area (Å²) >= 11 is 0. The molecule has 0 amide bonds. The Bertz CT molecular complexity index is 690. The van der Waals surface area contributed by atoms with Gasteiger partial charge in [0, 0.05) is 18.3 Å². The molecule has 5 nitrogen and oxygen atoms in total. The van der Waals surface area contributed by atoms with E-state index in [-0.39, 0.29) is 11.3 Å². The van der Waals surface area contributed by atoms with Crippen molar-refractivity contribution in [1.29, 1.82) is 5.26 Å². The number of hydrogen-bond acceptors (Lipinski definition) is 4. The average molecular weight is 267 g/mol. The van der Waals surface area contributed by atoms with Gasteiger partial charge in [-0.3, -0.25) is 10.1 Å². The van der Waals surface area contributed by atoms with Crippen molar-refractivity contribution in [2.75, 3.05) is 5.32 Å². The van der Waals surface area contributed by atoms with Gasteiger partial charge in [0.25, 0.3) is 5.69 Å². The third-order valence-corrected chi connectivity index (χ3v) is 3.06. The smallest absolute Gasteiger partial charge is 0.287 e. The molecule has 0 radical (unpaired) electrons. The van der Waals surface area contributed by atoms with E-state index >= 15 is 0 Å². The van der Waals surface area contributed by atoms with Gasteiger partial charge in [-0.15, -0.1) is 0 Å². The van der Waals surface area contributed by atoms with Crippen LogP contribution in [-0.4, -0.2) is 4.92 Å². The van der Waals surface area contributed by atoms with E-state index in [9.17, 15) is 10.1 Å². The van der Waals surface area contributed by atoms with Crippen LogP contribution in [0, 0.1) is 28.4 Å². The van der Waals surface area contributed by atoms with Crippen molar-refractivity contribution in [3.8, 4) is 6.07 Å². The Morgan fingerprint density at radius 3 is 2.70 bits per heavy atom. The first-order chi connectivity index (χ1) is 9.61. The number of nitrogens with one attached hydrogen (secondary N) is 1. The van der Waals surface area contributed by atoms with Gasteiger partial charge in [-0.25, -0.2) is 0 Å². The maximum Gasteiger partial charge on any atom is 0.287 e. The van der Waals surface area contributed by atoms with Crippen molar-refractivity contribution in [3.63, 3.8) is 0 Å². The van der Waals surface area contributed by atoms with Gasteiger partial charge in [-0.1, -0.05) is 24.3 Å². The van der Waals surface area contributed by atoms with E-state index in [0.29, 0.717) is 12.2 Å². The lowest BCUT2D eigenvalue weighted by atomic mass is 10.1. The highest BCUT2D eigenvalue weighted by molar-refractivity contribution is 5.58. The normalized spacial score (nSPS) is 9.80. The molecule has 100 valence electrons. The SMILES string of the molecule is Cc1ccccc1CNc1ccc([N+](=O)[O-])c(C#N)c1. The van der Waals surface area contributed by atoms with E-state index in [2.05, 4.69) is 5.32 Å². The molecule has 0 bridgehead atoms. The van der Waals surface area contributed by atoms with Crippen LogP contribution in [0.5, 0.6) is 0 Å². The summed E-state index contributed by atoms with van der Waals surface area (Å²) < 4.78 is 0. The molecule has 0 aliphatic carbocycles. The zero-order chi connectivity index (χ0) is 14.5.